The van der Waals surface area contributed by atoms with Gasteiger partial charge in [-0.25, -0.2) is 0 Å². The Bertz CT molecular complexity index is 494. The van der Waals surface area contributed by atoms with E-state index in [9.17, 15) is 0 Å². The highest BCUT2D eigenvalue weighted by Crippen LogP contribution is 2.14. The summed E-state index contributed by atoms with van der Waals surface area (Å²) in [6.45, 7) is 4.12. The summed E-state index contributed by atoms with van der Waals surface area (Å²) in [5.41, 5.74) is 1.27. The maximum atomic E-state index is 5.21. The Labute approximate surface area is 109 Å². The number of hydrogen-bond donors (Lipinski definition) is 0. The van der Waals surface area contributed by atoms with Crippen molar-refractivity contribution in [1.82, 2.24) is 10.1 Å². The van der Waals surface area contributed by atoms with Crippen LogP contribution in [-0.2, 0) is 12.8 Å². The van der Waals surface area contributed by atoms with Gasteiger partial charge in [-0.3, -0.25) is 0 Å². The van der Waals surface area contributed by atoms with Gasteiger partial charge in [0.1, 0.15) is 0 Å². The zero-order valence-corrected chi connectivity index (χ0v) is 11.6. The predicted octanol–water partition coefficient (Wildman–Crippen LogP) is 3.74. The smallest absolute Gasteiger partial charge is 0.226 e. The van der Waals surface area contributed by atoms with Crippen LogP contribution in [0, 0.1) is 0 Å². The lowest BCUT2D eigenvalue weighted by atomic mass is 10.1. The molecule has 2 rings (SSSR count). The van der Waals surface area contributed by atoms with Crippen LogP contribution >= 0.6 is 15.9 Å². The van der Waals surface area contributed by atoms with E-state index in [1.54, 1.807) is 0 Å². The Morgan fingerprint density at radius 2 is 2.12 bits per heavy atom. The first-order chi connectivity index (χ1) is 8.15. The second kappa shape index (κ2) is 5.45. The van der Waals surface area contributed by atoms with Crippen molar-refractivity contribution in [3.63, 3.8) is 0 Å². The third-order valence-corrected chi connectivity index (χ3v) is 3.01. The van der Waals surface area contributed by atoms with Crippen LogP contribution < -0.4 is 0 Å². The summed E-state index contributed by atoms with van der Waals surface area (Å²) in [5.74, 6) is 1.82. The molecule has 0 unspecified atom stereocenters. The van der Waals surface area contributed by atoms with Crippen LogP contribution in [0.25, 0.3) is 0 Å². The molecule has 0 aliphatic carbocycles. The van der Waals surface area contributed by atoms with Crippen molar-refractivity contribution in [3.8, 4) is 0 Å². The molecular formula is C13H15BrN2O. The lowest BCUT2D eigenvalue weighted by molar-refractivity contribution is 0.371. The molecule has 0 saturated carbocycles. The normalized spacial score (nSPS) is 11.1. The van der Waals surface area contributed by atoms with Gasteiger partial charge < -0.3 is 4.52 Å². The van der Waals surface area contributed by atoms with Crippen LogP contribution in [0.4, 0.5) is 0 Å². The van der Waals surface area contributed by atoms with E-state index in [0.717, 1.165) is 23.1 Å². The van der Waals surface area contributed by atoms with E-state index in [1.807, 2.05) is 12.1 Å². The average molecular weight is 295 g/mol. The number of hydrogen-bond acceptors (Lipinski definition) is 3. The van der Waals surface area contributed by atoms with Crippen LogP contribution in [0.5, 0.6) is 0 Å². The van der Waals surface area contributed by atoms with E-state index < -0.39 is 0 Å². The maximum absolute atomic E-state index is 5.21. The highest BCUT2D eigenvalue weighted by Gasteiger charge is 2.09. The van der Waals surface area contributed by atoms with Gasteiger partial charge in [-0.15, -0.1) is 0 Å². The number of rotatable bonds is 4. The van der Waals surface area contributed by atoms with Crippen molar-refractivity contribution in [2.45, 2.75) is 32.6 Å². The molecule has 0 bridgehead atoms. The summed E-state index contributed by atoms with van der Waals surface area (Å²) < 4.78 is 6.31. The lowest BCUT2D eigenvalue weighted by Gasteiger charge is -1.98. The van der Waals surface area contributed by atoms with Crippen LogP contribution in [0.1, 0.15) is 37.0 Å². The van der Waals surface area contributed by atoms with Gasteiger partial charge in [-0.05, 0) is 24.1 Å². The monoisotopic (exact) mass is 294 g/mol. The summed E-state index contributed by atoms with van der Waals surface area (Å²) >= 11 is 3.46. The minimum Gasteiger partial charge on any atom is -0.339 e. The summed E-state index contributed by atoms with van der Waals surface area (Å²) in [6, 6.07) is 8.27. The molecular weight excluding hydrogens is 280 g/mol. The van der Waals surface area contributed by atoms with E-state index in [1.165, 1.54) is 5.56 Å². The molecule has 1 heterocycles. The van der Waals surface area contributed by atoms with Crippen LogP contribution in [0.3, 0.4) is 0 Å². The van der Waals surface area contributed by atoms with Crippen LogP contribution in [0.15, 0.2) is 33.3 Å². The minimum absolute atomic E-state index is 0.318. The molecule has 0 N–H and O–H groups in total. The lowest BCUT2D eigenvalue weighted by Crippen LogP contribution is -1.93. The fraction of sp³-hybridized carbons (Fsp3) is 0.385. The first-order valence-electron chi connectivity index (χ1n) is 5.72. The molecule has 0 spiro atoms. The molecule has 0 saturated heterocycles. The Morgan fingerprint density at radius 1 is 1.29 bits per heavy atom. The summed E-state index contributed by atoms with van der Waals surface area (Å²) in [5, 5.41) is 3.95. The average Bonchev–Trinajstić information content (AvgIpc) is 2.75. The third kappa shape index (κ3) is 3.40. The van der Waals surface area contributed by atoms with Crippen molar-refractivity contribution in [2.24, 2.45) is 0 Å². The fourth-order valence-electron chi connectivity index (χ4n) is 1.55. The first kappa shape index (κ1) is 12.3. The van der Waals surface area contributed by atoms with E-state index in [4.69, 9.17) is 4.52 Å². The van der Waals surface area contributed by atoms with E-state index in [0.29, 0.717) is 11.8 Å². The predicted molar refractivity (Wildman–Crippen MR) is 69.9 cm³/mol. The molecule has 1 aromatic heterocycles. The van der Waals surface area contributed by atoms with Gasteiger partial charge in [0.2, 0.25) is 5.89 Å². The third-order valence-electron chi connectivity index (χ3n) is 2.52. The quantitative estimate of drug-likeness (QED) is 0.862. The number of benzene rings is 1. The molecule has 1 aromatic carbocycles. The molecule has 4 heteroatoms. The number of nitrogens with zero attached hydrogens (tertiary/aromatic N) is 2. The number of aryl methyl sites for hydroxylation is 2. The summed E-state index contributed by atoms with van der Waals surface area (Å²) in [6.07, 6.45) is 1.70. The molecule has 2 aromatic rings. The first-order valence-corrected chi connectivity index (χ1v) is 6.51. The Balaban J connectivity index is 1.97. The zero-order chi connectivity index (χ0) is 12.3. The van der Waals surface area contributed by atoms with Crippen molar-refractivity contribution in [3.05, 3.63) is 46.0 Å². The molecule has 3 nitrogen and oxygen atoms in total. The second-order valence-electron chi connectivity index (χ2n) is 4.33. The van der Waals surface area contributed by atoms with Crippen molar-refractivity contribution >= 4 is 15.9 Å². The van der Waals surface area contributed by atoms with Gasteiger partial charge in [-0.1, -0.05) is 47.1 Å². The van der Waals surface area contributed by atoms with E-state index in [-0.39, 0.29) is 0 Å². The molecule has 0 amide bonds. The van der Waals surface area contributed by atoms with Gasteiger partial charge in [0.15, 0.2) is 5.82 Å². The van der Waals surface area contributed by atoms with E-state index >= 15 is 0 Å². The molecule has 90 valence electrons. The van der Waals surface area contributed by atoms with Crippen molar-refractivity contribution < 1.29 is 4.52 Å². The van der Waals surface area contributed by atoms with Gasteiger partial charge in [-0.2, -0.15) is 4.98 Å². The Morgan fingerprint density at radius 3 is 2.76 bits per heavy atom. The molecule has 0 radical (unpaired) electrons. The fourth-order valence-corrected chi connectivity index (χ4v) is 1.99. The van der Waals surface area contributed by atoms with Gasteiger partial charge in [0.25, 0.3) is 0 Å². The number of halogens is 1. The molecule has 0 aliphatic rings. The highest BCUT2D eigenvalue weighted by molar-refractivity contribution is 9.10. The van der Waals surface area contributed by atoms with Crippen molar-refractivity contribution in [1.29, 1.82) is 0 Å². The number of aromatic nitrogens is 2. The highest BCUT2D eigenvalue weighted by atomic mass is 79.9. The van der Waals surface area contributed by atoms with E-state index in [2.05, 4.69) is 52.1 Å². The minimum atomic E-state index is 0.318. The largest absolute Gasteiger partial charge is 0.339 e. The van der Waals surface area contributed by atoms with Gasteiger partial charge >= 0.3 is 0 Å². The van der Waals surface area contributed by atoms with Gasteiger partial charge in [0.05, 0.1) is 0 Å². The zero-order valence-electron chi connectivity index (χ0n) is 9.98. The second-order valence-corrected chi connectivity index (χ2v) is 5.25. The standard InChI is InChI=1S/C13H15BrN2O/c1-9(2)13-15-12(17-16-13)7-6-10-4-3-5-11(14)8-10/h3-5,8-9H,6-7H2,1-2H3. The Hall–Kier alpha value is -1.16. The van der Waals surface area contributed by atoms with Crippen molar-refractivity contribution in [2.75, 3.05) is 0 Å². The van der Waals surface area contributed by atoms with Crippen LogP contribution in [-0.4, -0.2) is 10.1 Å². The SMILES string of the molecule is CC(C)c1noc(CCc2cccc(Br)c2)n1. The topological polar surface area (TPSA) is 38.9 Å². The molecule has 0 atom stereocenters. The molecule has 0 aliphatic heterocycles. The van der Waals surface area contributed by atoms with Crippen LogP contribution in [0.2, 0.25) is 0 Å². The van der Waals surface area contributed by atoms with Gasteiger partial charge in [0, 0.05) is 16.8 Å². The molecule has 17 heavy (non-hydrogen) atoms. The summed E-state index contributed by atoms with van der Waals surface area (Å²) in [7, 11) is 0. The molecule has 0 fully saturated rings. The summed E-state index contributed by atoms with van der Waals surface area (Å²) in [4.78, 5) is 4.36. The Kier molecular flexibility index (Phi) is 3.94. The maximum Gasteiger partial charge on any atom is 0.226 e.